The average molecular weight is 223 g/mol. The number of nitrogens with two attached hydrogens (primary N) is 2. The number of aryl methyl sites for hydroxylation is 1. The summed E-state index contributed by atoms with van der Waals surface area (Å²) in [5.74, 6) is 0. The Labute approximate surface area is 91.9 Å². The first-order valence-electron chi connectivity index (χ1n) is 4.56. The van der Waals surface area contributed by atoms with Crippen LogP contribution < -0.4 is 11.5 Å². The molecule has 0 amide bonds. The number of aromatic nitrogens is 1. The lowest BCUT2D eigenvalue weighted by Crippen LogP contribution is -1.95. The highest BCUT2D eigenvalue weighted by atomic mass is 32.1. The third kappa shape index (κ3) is 1.64. The highest BCUT2D eigenvalue weighted by Gasteiger charge is 2.12. The zero-order chi connectivity index (χ0) is 11.0. The molecule has 2 rings (SSSR count). The largest absolute Gasteiger partial charge is 0.396 e. The molecule has 2 heterocycles. The van der Waals surface area contributed by atoms with Gasteiger partial charge in [0.1, 0.15) is 9.83 Å². The predicted octanol–water partition coefficient (Wildman–Crippen LogP) is 1.92. The quantitative estimate of drug-likeness (QED) is 0.815. The van der Waals surface area contributed by atoms with E-state index in [4.69, 9.17) is 16.2 Å². The van der Waals surface area contributed by atoms with E-state index in [0.717, 1.165) is 21.5 Å². The molecule has 0 saturated heterocycles. The Hall–Kier alpha value is -1.33. The van der Waals surface area contributed by atoms with E-state index in [2.05, 4.69) is 4.98 Å². The molecule has 80 valence electrons. The maximum Gasteiger partial charge on any atom is 0.128 e. The molecular weight excluding hydrogens is 210 g/mol. The van der Waals surface area contributed by atoms with E-state index < -0.39 is 0 Å². The van der Waals surface area contributed by atoms with E-state index in [0.29, 0.717) is 17.3 Å². The third-order valence-electron chi connectivity index (χ3n) is 2.24. The van der Waals surface area contributed by atoms with Crippen LogP contribution in [0.25, 0.3) is 10.2 Å². The van der Waals surface area contributed by atoms with Crippen molar-refractivity contribution in [3.05, 3.63) is 17.3 Å². The van der Waals surface area contributed by atoms with Crippen LogP contribution in [0.5, 0.6) is 0 Å². The molecule has 0 aromatic carbocycles. The number of rotatable bonds is 2. The number of anilines is 2. The minimum Gasteiger partial charge on any atom is -0.396 e. The van der Waals surface area contributed by atoms with Crippen molar-refractivity contribution >= 4 is 32.2 Å². The fraction of sp³-hybridized carbons (Fsp3) is 0.300. The van der Waals surface area contributed by atoms with Gasteiger partial charge in [-0.2, -0.15) is 0 Å². The molecule has 5 heteroatoms. The number of fused-ring (bicyclic) bond motifs is 1. The molecule has 0 unspecified atom stereocenters. The van der Waals surface area contributed by atoms with Crippen LogP contribution in [0.3, 0.4) is 0 Å². The monoisotopic (exact) mass is 223 g/mol. The molecule has 0 radical (unpaired) electrons. The fourth-order valence-corrected chi connectivity index (χ4v) is 2.58. The van der Waals surface area contributed by atoms with E-state index in [9.17, 15) is 0 Å². The van der Waals surface area contributed by atoms with Crippen molar-refractivity contribution in [3.8, 4) is 0 Å². The summed E-state index contributed by atoms with van der Waals surface area (Å²) in [6, 6.07) is 1.98. The summed E-state index contributed by atoms with van der Waals surface area (Å²) in [4.78, 5) is 5.29. The van der Waals surface area contributed by atoms with E-state index in [-0.39, 0.29) is 0 Å². The van der Waals surface area contributed by atoms with E-state index in [1.807, 2.05) is 13.0 Å². The van der Waals surface area contributed by atoms with Crippen LogP contribution in [0, 0.1) is 6.92 Å². The molecule has 0 atom stereocenters. The van der Waals surface area contributed by atoms with Crippen molar-refractivity contribution in [1.29, 1.82) is 0 Å². The van der Waals surface area contributed by atoms with Crippen LogP contribution in [0.2, 0.25) is 0 Å². The first-order valence-corrected chi connectivity index (χ1v) is 5.38. The summed E-state index contributed by atoms with van der Waals surface area (Å²) in [6.45, 7) is 2.48. The second kappa shape index (κ2) is 3.67. The van der Waals surface area contributed by atoms with Gasteiger partial charge in [0.15, 0.2) is 0 Å². The molecule has 2 aromatic rings. The Morgan fingerprint density at radius 3 is 2.87 bits per heavy atom. The summed E-state index contributed by atoms with van der Waals surface area (Å²) >= 11 is 1.42. The fourth-order valence-electron chi connectivity index (χ4n) is 1.62. The first-order chi connectivity index (χ1) is 7.13. The number of hydrogen-bond donors (Lipinski definition) is 2. The molecule has 0 aliphatic rings. The summed E-state index contributed by atoms with van der Waals surface area (Å²) in [5, 5.41) is 1.56. The number of pyridine rings is 1. The number of methoxy groups -OCH3 is 1. The summed E-state index contributed by atoms with van der Waals surface area (Å²) in [5.41, 5.74) is 14.3. The van der Waals surface area contributed by atoms with Crippen molar-refractivity contribution < 1.29 is 4.74 Å². The van der Waals surface area contributed by atoms with Crippen LogP contribution in [-0.4, -0.2) is 12.1 Å². The summed E-state index contributed by atoms with van der Waals surface area (Å²) in [6.07, 6.45) is 0. The smallest absolute Gasteiger partial charge is 0.128 e. The molecule has 4 N–H and O–H groups in total. The van der Waals surface area contributed by atoms with Gasteiger partial charge in [0.2, 0.25) is 0 Å². The molecule has 0 aliphatic heterocycles. The standard InChI is InChI=1S/C10H13N3OS/c1-5-3-6(4-14-2)7-8(11)9(12)15-10(7)13-5/h3H,4,11-12H2,1-2H3. The topological polar surface area (TPSA) is 74.2 Å². The Morgan fingerprint density at radius 2 is 2.20 bits per heavy atom. The Bertz CT molecular complexity index is 507. The van der Waals surface area contributed by atoms with Gasteiger partial charge in [-0.05, 0) is 18.6 Å². The maximum atomic E-state index is 5.91. The molecule has 4 nitrogen and oxygen atoms in total. The van der Waals surface area contributed by atoms with Gasteiger partial charge in [-0.3, -0.25) is 0 Å². The first kappa shape index (κ1) is 10.2. The summed E-state index contributed by atoms with van der Waals surface area (Å²) < 4.78 is 5.14. The van der Waals surface area contributed by atoms with E-state index in [1.165, 1.54) is 11.3 Å². The number of thiophene rings is 1. The van der Waals surface area contributed by atoms with Crippen molar-refractivity contribution in [2.24, 2.45) is 0 Å². The van der Waals surface area contributed by atoms with Crippen LogP contribution in [0.1, 0.15) is 11.3 Å². The molecule has 2 aromatic heterocycles. The van der Waals surface area contributed by atoms with Crippen molar-refractivity contribution in [2.45, 2.75) is 13.5 Å². The summed E-state index contributed by atoms with van der Waals surface area (Å²) in [7, 11) is 1.66. The van der Waals surface area contributed by atoms with Gasteiger partial charge in [-0.1, -0.05) is 11.3 Å². The zero-order valence-corrected chi connectivity index (χ0v) is 9.52. The lowest BCUT2D eigenvalue weighted by atomic mass is 10.1. The van der Waals surface area contributed by atoms with Gasteiger partial charge in [0.05, 0.1) is 12.3 Å². The van der Waals surface area contributed by atoms with Crippen LogP contribution in [0.15, 0.2) is 6.07 Å². The normalized spacial score (nSPS) is 11.1. The lowest BCUT2D eigenvalue weighted by Gasteiger charge is -2.04. The van der Waals surface area contributed by atoms with Gasteiger partial charge < -0.3 is 16.2 Å². The second-order valence-electron chi connectivity index (χ2n) is 3.42. The van der Waals surface area contributed by atoms with Gasteiger partial charge in [0.25, 0.3) is 0 Å². The van der Waals surface area contributed by atoms with E-state index >= 15 is 0 Å². The molecule has 0 fully saturated rings. The predicted molar refractivity (Wildman–Crippen MR) is 63.9 cm³/mol. The molecular formula is C10H13N3OS. The molecule has 0 aliphatic carbocycles. The Balaban J connectivity index is 2.75. The van der Waals surface area contributed by atoms with Crippen molar-refractivity contribution in [3.63, 3.8) is 0 Å². The van der Waals surface area contributed by atoms with E-state index in [1.54, 1.807) is 7.11 Å². The number of nitrogens with zero attached hydrogens (tertiary/aromatic N) is 1. The van der Waals surface area contributed by atoms with Crippen molar-refractivity contribution in [2.75, 3.05) is 18.6 Å². The van der Waals surface area contributed by atoms with Gasteiger partial charge in [-0.15, -0.1) is 0 Å². The van der Waals surface area contributed by atoms with Crippen LogP contribution >= 0.6 is 11.3 Å². The number of hydrogen-bond acceptors (Lipinski definition) is 5. The van der Waals surface area contributed by atoms with Crippen LogP contribution in [0.4, 0.5) is 10.7 Å². The Morgan fingerprint density at radius 1 is 1.47 bits per heavy atom. The average Bonchev–Trinajstić information content (AvgIpc) is 2.42. The van der Waals surface area contributed by atoms with Gasteiger partial charge in [0, 0.05) is 18.2 Å². The maximum absolute atomic E-state index is 5.91. The number of nitrogen functional groups attached to an aromatic ring is 2. The van der Waals surface area contributed by atoms with Gasteiger partial charge in [-0.25, -0.2) is 4.98 Å². The van der Waals surface area contributed by atoms with Crippen LogP contribution in [-0.2, 0) is 11.3 Å². The SMILES string of the molecule is COCc1cc(C)nc2sc(N)c(N)c12. The Kier molecular flexibility index (Phi) is 2.50. The van der Waals surface area contributed by atoms with Gasteiger partial charge >= 0.3 is 0 Å². The molecule has 0 bridgehead atoms. The highest BCUT2D eigenvalue weighted by Crippen LogP contribution is 2.37. The molecule has 0 saturated carbocycles. The zero-order valence-electron chi connectivity index (χ0n) is 8.70. The minimum atomic E-state index is 0.528. The third-order valence-corrected chi connectivity index (χ3v) is 3.17. The second-order valence-corrected chi connectivity index (χ2v) is 4.45. The lowest BCUT2D eigenvalue weighted by molar-refractivity contribution is 0.186. The number of ether oxygens (including phenoxy) is 1. The van der Waals surface area contributed by atoms with Crippen molar-refractivity contribution in [1.82, 2.24) is 4.98 Å². The molecule has 15 heavy (non-hydrogen) atoms. The minimum absolute atomic E-state index is 0.528. The highest BCUT2D eigenvalue weighted by molar-refractivity contribution is 7.23. The molecule has 0 spiro atoms.